The second kappa shape index (κ2) is 7.08. The predicted octanol–water partition coefficient (Wildman–Crippen LogP) is 4.03. The summed E-state index contributed by atoms with van der Waals surface area (Å²) in [6.45, 7) is 5.63. The Balaban J connectivity index is 2.51. The molecule has 0 amide bonds. The molecular weight excluding hydrogens is 262 g/mol. The summed E-state index contributed by atoms with van der Waals surface area (Å²) in [5, 5.41) is 0. The van der Waals surface area contributed by atoms with Crippen molar-refractivity contribution in [3.05, 3.63) is 35.4 Å². The van der Waals surface area contributed by atoms with E-state index >= 15 is 0 Å². The molecule has 2 heteroatoms. The van der Waals surface area contributed by atoms with Crippen molar-refractivity contribution in [1.29, 1.82) is 0 Å². The molecule has 1 rings (SSSR count). The summed E-state index contributed by atoms with van der Waals surface area (Å²) in [6, 6.07) is 9.09. The van der Waals surface area contributed by atoms with Crippen LogP contribution in [0, 0.1) is 0 Å². The van der Waals surface area contributed by atoms with Crippen LogP contribution in [0.1, 0.15) is 37.3 Å². The fourth-order valence-electron chi connectivity index (χ4n) is 1.63. The van der Waals surface area contributed by atoms with Gasteiger partial charge in [-0.05, 0) is 36.9 Å². The van der Waals surface area contributed by atoms with Crippen LogP contribution in [0.5, 0.6) is 0 Å². The first-order valence-corrected chi connectivity index (χ1v) is 7.12. The second-order valence-corrected chi connectivity index (χ2v) is 5.00. The van der Waals surface area contributed by atoms with Crippen molar-refractivity contribution in [2.45, 2.75) is 32.6 Å². The van der Waals surface area contributed by atoms with Crippen LogP contribution in [-0.4, -0.2) is 23.9 Å². The van der Waals surface area contributed by atoms with Crippen LogP contribution in [0.15, 0.2) is 24.3 Å². The normalized spacial score (nSPS) is 13.1. The Morgan fingerprint density at radius 2 is 1.88 bits per heavy atom. The van der Waals surface area contributed by atoms with E-state index in [9.17, 15) is 0 Å². The van der Waals surface area contributed by atoms with Gasteiger partial charge in [0.15, 0.2) is 0 Å². The fourth-order valence-corrected chi connectivity index (χ4v) is 1.88. The molecule has 0 aliphatic carbocycles. The molecule has 0 fully saturated rings. The number of halogens is 1. The van der Waals surface area contributed by atoms with Gasteiger partial charge < -0.3 is 0 Å². The summed E-state index contributed by atoms with van der Waals surface area (Å²) >= 11 is 3.45. The smallest absolute Gasteiger partial charge is 0.0539 e. The van der Waals surface area contributed by atoms with Gasteiger partial charge in [-0.3, -0.25) is 4.90 Å². The number of hydrogen-bond acceptors (Lipinski definition) is 1. The minimum Gasteiger partial charge on any atom is -0.296 e. The van der Waals surface area contributed by atoms with Crippen LogP contribution < -0.4 is 0 Å². The Kier molecular flexibility index (Phi) is 6.07. The Morgan fingerprint density at radius 1 is 1.25 bits per heavy atom. The molecule has 1 atom stereocenters. The van der Waals surface area contributed by atoms with Crippen molar-refractivity contribution in [3.8, 4) is 0 Å². The average Bonchev–Trinajstić information content (AvgIpc) is 2.35. The van der Waals surface area contributed by atoms with Gasteiger partial charge in [0.25, 0.3) is 0 Å². The Morgan fingerprint density at radius 3 is 2.38 bits per heavy atom. The van der Waals surface area contributed by atoms with Crippen molar-refractivity contribution in [3.63, 3.8) is 0 Å². The van der Waals surface area contributed by atoms with E-state index < -0.39 is 0 Å². The zero-order chi connectivity index (χ0) is 12.0. The number of rotatable bonds is 6. The zero-order valence-electron chi connectivity index (χ0n) is 10.5. The molecule has 0 heterocycles. The summed E-state index contributed by atoms with van der Waals surface area (Å²) in [5.74, 6) is 0.680. The molecule has 1 nitrogen and oxygen atoms in total. The molecule has 0 saturated heterocycles. The van der Waals surface area contributed by atoms with Crippen molar-refractivity contribution in [2.75, 3.05) is 19.0 Å². The zero-order valence-corrected chi connectivity index (χ0v) is 12.1. The predicted molar refractivity (Wildman–Crippen MR) is 75.3 cm³/mol. The highest BCUT2D eigenvalue weighted by Crippen LogP contribution is 2.18. The van der Waals surface area contributed by atoms with Crippen LogP contribution in [-0.2, 0) is 6.42 Å². The van der Waals surface area contributed by atoms with E-state index in [1.165, 1.54) is 17.5 Å². The standard InChI is InChI=1S/C14H22BrN/c1-4-12(2)14-7-5-13(6-8-14)9-10-16(3)11-15/h5-8,12H,4,9-11H2,1-3H3. The number of hydrogen-bond donors (Lipinski definition) is 0. The number of nitrogens with zero attached hydrogens (tertiary/aromatic N) is 1. The maximum absolute atomic E-state index is 3.45. The third-order valence-electron chi connectivity index (χ3n) is 3.15. The van der Waals surface area contributed by atoms with E-state index in [1.807, 2.05) is 0 Å². The minimum absolute atomic E-state index is 0.680. The van der Waals surface area contributed by atoms with Crippen LogP contribution in [0.4, 0.5) is 0 Å². The highest BCUT2D eigenvalue weighted by Gasteiger charge is 2.02. The molecule has 0 radical (unpaired) electrons. The molecule has 0 N–H and O–H groups in total. The van der Waals surface area contributed by atoms with E-state index in [2.05, 4.69) is 66.0 Å². The Hall–Kier alpha value is -0.340. The maximum atomic E-state index is 3.45. The molecule has 0 aliphatic rings. The summed E-state index contributed by atoms with van der Waals surface area (Å²) in [4.78, 5) is 2.27. The quantitative estimate of drug-likeness (QED) is 0.563. The largest absolute Gasteiger partial charge is 0.296 e. The summed E-state index contributed by atoms with van der Waals surface area (Å²) in [5.41, 5.74) is 3.83. The minimum atomic E-state index is 0.680. The first-order valence-electron chi connectivity index (χ1n) is 6.00. The molecule has 0 aliphatic heterocycles. The third kappa shape index (κ3) is 4.26. The Labute approximate surface area is 108 Å². The van der Waals surface area contributed by atoms with Crippen LogP contribution in [0.3, 0.4) is 0 Å². The van der Waals surface area contributed by atoms with Crippen LogP contribution in [0.2, 0.25) is 0 Å². The van der Waals surface area contributed by atoms with Gasteiger partial charge in [0.1, 0.15) is 0 Å². The summed E-state index contributed by atoms with van der Waals surface area (Å²) in [7, 11) is 2.13. The lowest BCUT2D eigenvalue weighted by molar-refractivity contribution is 0.401. The van der Waals surface area contributed by atoms with E-state index in [1.54, 1.807) is 0 Å². The van der Waals surface area contributed by atoms with Gasteiger partial charge in [0.2, 0.25) is 0 Å². The molecule has 16 heavy (non-hydrogen) atoms. The molecule has 0 bridgehead atoms. The molecule has 0 aromatic heterocycles. The molecule has 1 aromatic rings. The lowest BCUT2D eigenvalue weighted by atomic mass is 9.97. The lowest BCUT2D eigenvalue weighted by Crippen LogP contribution is -2.18. The van der Waals surface area contributed by atoms with Crippen molar-refractivity contribution in [1.82, 2.24) is 4.90 Å². The highest BCUT2D eigenvalue weighted by molar-refractivity contribution is 9.09. The number of alkyl halides is 1. The molecule has 90 valence electrons. The van der Waals surface area contributed by atoms with Gasteiger partial charge >= 0.3 is 0 Å². The summed E-state index contributed by atoms with van der Waals surface area (Å²) in [6.07, 6.45) is 2.34. The monoisotopic (exact) mass is 283 g/mol. The van der Waals surface area contributed by atoms with Gasteiger partial charge in [-0.15, -0.1) is 0 Å². The molecule has 1 aromatic carbocycles. The average molecular weight is 284 g/mol. The maximum Gasteiger partial charge on any atom is 0.0539 e. The molecule has 1 unspecified atom stereocenters. The van der Waals surface area contributed by atoms with Gasteiger partial charge in [-0.1, -0.05) is 54.0 Å². The third-order valence-corrected chi connectivity index (χ3v) is 4.00. The lowest BCUT2D eigenvalue weighted by Gasteiger charge is -2.13. The Bertz CT molecular complexity index is 294. The van der Waals surface area contributed by atoms with Crippen LogP contribution >= 0.6 is 15.9 Å². The van der Waals surface area contributed by atoms with E-state index in [0.717, 1.165) is 18.4 Å². The first kappa shape index (κ1) is 13.7. The molecule has 0 saturated carbocycles. The van der Waals surface area contributed by atoms with E-state index in [4.69, 9.17) is 0 Å². The highest BCUT2D eigenvalue weighted by atomic mass is 79.9. The van der Waals surface area contributed by atoms with Gasteiger partial charge in [0, 0.05) is 6.54 Å². The number of benzene rings is 1. The van der Waals surface area contributed by atoms with Crippen molar-refractivity contribution < 1.29 is 0 Å². The fraction of sp³-hybridized carbons (Fsp3) is 0.571. The van der Waals surface area contributed by atoms with E-state index in [0.29, 0.717) is 5.92 Å². The number of likely N-dealkylation sites (N-methyl/N-ethyl adjacent to an activating group) is 1. The van der Waals surface area contributed by atoms with Gasteiger partial charge in [-0.2, -0.15) is 0 Å². The van der Waals surface area contributed by atoms with Gasteiger partial charge in [-0.25, -0.2) is 0 Å². The SMILES string of the molecule is CCC(C)c1ccc(CCN(C)CBr)cc1. The first-order chi connectivity index (χ1) is 7.67. The summed E-state index contributed by atoms with van der Waals surface area (Å²) < 4.78 is 0. The van der Waals surface area contributed by atoms with Crippen molar-refractivity contribution >= 4 is 15.9 Å². The topological polar surface area (TPSA) is 3.24 Å². The molecule has 0 spiro atoms. The van der Waals surface area contributed by atoms with Gasteiger partial charge in [0.05, 0.1) is 5.45 Å². The van der Waals surface area contributed by atoms with Crippen LogP contribution in [0.25, 0.3) is 0 Å². The molecular formula is C14H22BrN. The van der Waals surface area contributed by atoms with E-state index in [-0.39, 0.29) is 0 Å². The second-order valence-electron chi connectivity index (χ2n) is 4.50. The van der Waals surface area contributed by atoms with Crippen molar-refractivity contribution in [2.24, 2.45) is 0 Å².